The van der Waals surface area contributed by atoms with Gasteiger partial charge in [-0.25, -0.2) is 4.79 Å². The van der Waals surface area contributed by atoms with Crippen molar-refractivity contribution in [2.24, 2.45) is 0 Å². The summed E-state index contributed by atoms with van der Waals surface area (Å²) < 4.78 is 34.2. The Hall–Kier alpha value is -3.34. The fourth-order valence-electron chi connectivity index (χ4n) is 3.15. The third-order valence-electron chi connectivity index (χ3n) is 4.74. The topological polar surface area (TPSA) is 89.4 Å². The SMILES string of the molecule is CN1C(=O)C(NC(=O)n2cc(Cc3ccc(F)nc3F)cn2)COc2ccc(Br)cc21. The van der Waals surface area contributed by atoms with Crippen LogP contribution in [0.1, 0.15) is 11.1 Å². The fourth-order valence-corrected chi connectivity index (χ4v) is 3.49. The van der Waals surface area contributed by atoms with Crippen LogP contribution in [0.15, 0.2) is 47.2 Å². The number of rotatable bonds is 3. The van der Waals surface area contributed by atoms with Crippen molar-refractivity contribution in [3.05, 3.63) is 70.2 Å². The summed E-state index contributed by atoms with van der Waals surface area (Å²) in [4.78, 5) is 30.0. The number of likely N-dealkylation sites (N-methyl/N-ethyl adjacent to an activating group) is 1. The quantitative estimate of drug-likeness (QED) is 0.569. The number of ether oxygens (including phenoxy) is 1. The zero-order valence-corrected chi connectivity index (χ0v) is 17.8. The van der Waals surface area contributed by atoms with Gasteiger partial charge >= 0.3 is 6.03 Å². The minimum Gasteiger partial charge on any atom is -0.489 e. The third-order valence-corrected chi connectivity index (χ3v) is 5.24. The molecule has 31 heavy (non-hydrogen) atoms. The van der Waals surface area contributed by atoms with E-state index in [-0.39, 0.29) is 24.5 Å². The van der Waals surface area contributed by atoms with E-state index in [9.17, 15) is 18.4 Å². The molecule has 1 aromatic carbocycles. The summed E-state index contributed by atoms with van der Waals surface area (Å²) in [6.45, 7) is -0.0515. The van der Waals surface area contributed by atoms with E-state index < -0.39 is 24.0 Å². The molecule has 0 bridgehead atoms. The van der Waals surface area contributed by atoms with Gasteiger partial charge in [0.05, 0.1) is 11.9 Å². The lowest BCUT2D eigenvalue weighted by molar-refractivity contribution is -0.120. The average molecular weight is 492 g/mol. The molecule has 0 spiro atoms. The van der Waals surface area contributed by atoms with E-state index in [1.165, 1.54) is 23.4 Å². The van der Waals surface area contributed by atoms with Crippen LogP contribution < -0.4 is 15.0 Å². The minimum absolute atomic E-state index is 0.0515. The van der Waals surface area contributed by atoms with Gasteiger partial charge in [0.1, 0.15) is 18.4 Å². The molecular formula is C20H16BrF2N5O3. The van der Waals surface area contributed by atoms with Gasteiger partial charge in [0.25, 0.3) is 5.91 Å². The lowest BCUT2D eigenvalue weighted by atomic mass is 10.1. The van der Waals surface area contributed by atoms with Crippen molar-refractivity contribution in [2.45, 2.75) is 12.5 Å². The van der Waals surface area contributed by atoms with Gasteiger partial charge in [-0.15, -0.1) is 0 Å². The Balaban J connectivity index is 1.46. The summed E-state index contributed by atoms with van der Waals surface area (Å²) in [5, 5.41) is 6.56. The minimum atomic E-state index is -0.935. The lowest BCUT2D eigenvalue weighted by Gasteiger charge is -2.20. The summed E-state index contributed by atoms with van der Waals surface area (Å²) in [6.07, 6.45) is 2.85. The second-order valence-corrected chi connectivity index (χ2v) is 7.79. The Kier molecular flexibility index (Phi) is 5.68. The highest BCUT2D eigenvalue weighted by atomic mass is 79.9. The maximum Gasteiger partial charge on any atom is 0.342 e. The monoisotopic (exact) mass is 491 g/mol. The van der Waals surface area contributed by atoms with Crippen LogP contribution in [0.3, 0.4) is 0 Å². The molecule has 0 saturated heterocycles. The molecule has 0 saturated carbocycles. The molecule has 1 N–H and O–H groups in total. The maximum absolute atomic E-state index is 13.7. The van der Waals surface area contributed by atoms with Gasteiger partial charge in [-0.05, 0) is 35.9 Å². The van der Waals surface area contributed by atoms with Gasteiger partial charge in [0.15, 0.2) is 0 Å². The Bertz CT molecular complexity index is 1170. The van der Waals surface area contributed by atoms with Crippen molar-refractivity contribution < 1.29 is 23.1 Å². The van der Waals surface area contributed by atoms with E-state index >= 15 is 0 Å². The van der Waals surface area contributed by atoms with Crippen LogP contribution in [0.4, 0.5) is 19.3 Å². The van der Waals surface area contributed by atoms with E-state index in [0.29, 0.717) is 17.0 Å². The number of carbonyl (C=O) groups is 2. The summed E-state index contributed by atoms with van der Waals surface area (Å²) >= 11 is 3.36. The third kappa shape index (κ3) is 4.41. The lowest BCUT2D eigenvalue weighted by Crippen LogP contribution is -2.50. The van der Waals surface area contributed by atoms with Crippen molar-refractivity contribution in [3.63, 3.8) is 0 Å². The van der Waals surface area contributed by atoms with E-state index in [2.05, 4.69) is 31.3 Å². The molecular weight excluding hydrogens is 476 g/mol. The fraction of sp³-hybridized carbons (Fsp3) is 0.200. The summed E-state index contributed by atoms with van der Waals surface area (Å²) in [7, 11) is 1.60. The van der Waals surface area contributed by atoms with Gasteiger partial charge in [0, 0.05) is 29.7 Å². The smallest absolute Gasteiger partial charge is 0.342 e. The first-order valence-corrected chi connectivity index (χ1v) is 9.96. The molecule has 11 heteroatoms. The van der Waals surface area contributed by atoms with Crippen LogP contribution in [0.25, 0.3) is 0 Å². The number of nitrogens with zero attached hydrogens (tertiary/aromatic N) is 4. The van der Waals surface area contributed by atoms with Crippen molar-refractivity contribution >= 4 is 33.6 Å². The molecule has 0 fully saturated rings. The number of fused-ring (bicyclic) bond motifs is 1. The number of anilines is 1. The van der Waals surface area contributed by atoms with Crippen molar-refractivity contribution in [1.29, 1.82) is 0 Å². The largest absolute Gasteiger partial charge is 0.489 e. The molecule has 1 aliphatic rings. The first-order valence-electron chi connectivity index (χ1n) is 9.17. The second-order valence-electron chi connectivity index (χ2n) is 6.88. The van der Waals surface area contributed by atoms with Crippen LogP contribution in [0.2, 0.25) is 0 Å². The molecule has 2 aromatic heterocycles. The number of benzene rings is 1. The molecule has 2 amide bonds. The predicted molar refractivity (Wildman–Crippen MR) is 110 cm³/mol. The van der Waals surface area contributed by atoms with E-state index in [1.807, 2.05) is 0 Å². The highest BCUT2D eigenvalue weighted by Crippen LogP contribution is 2.33. The number of hydrogen-bond acceptors (Lipinski definition) is 5. The van der Waals surface area contributed by atoms with Gasteiger partial charge in [-0.3, -0.25) is 4.79 Å². The number of hydrogen-bond donors (Lipinski definition) is 1. The summed E-state index contributed by atoms with van der Waals surface area (Å²) in [5.41, 5.74) is 1.26. The van der Waals surface area contributed by atoms with Crippen LogP contribution in [-0.2, 0) is 11.2 Å². The molecule has 0 radical (unpaired) electrons. The summed E-state index contributed by atoms with van der Waals surface area (Å²) in [5.74, 6) is -1.66. The van der Waals surface area contributed by atoms with Crippen LogP contribution >= 0.6 is 15.9 Å². The Labute approximate surface area is 184 Å². The zero-order valence-electron chi connectivity index (χ0n) is 16.2. The number of pyridine rings is 1. The Morgan fingerprint density at radius 2 is 2.13 bits per heavy atom. The van der Waals surface area contributed by atoms with Crippen LogP contribution in [-0.4, -0.2) is 46.4 Å². The highest BCUT2D eigenvalue weighted by molar-refractivity contribution is 9.10. The zero-order chi connectivity index (χ0) is 22.1. The molecule has 1 unspecified atom stereocenters. The first-order chi connectivity index (χ1) is 14.8. The number of nitrogens with one attached hydrogen (secondary N) is 1. The second kappa shape index (κ2) is 8.42. The Morgan fingerprint density at radius 3 is 2.90 bits per heavy atom. The molecule has 1 atom stereocenters. The van der Waals surface area contributed by atoms with Crippen molar-refractivity contribution in [3.8, 4) is 5.75 Å². The number of halogens is 3. The number of amides is 2. The van der Waals surface area contributed by atoms with Crippen molar-refractivity contribution in [2.75, 3.05) is 18.6 Å². The van der Waals surface area contributed by atoms with Crippen LogP contribution in [0, 0.1) is 11.9 Å². The molecule has 8 nitrogen and oxygen atoms in total. The number of carbonyl (C=O) groups excluding carboxylic acids is 2. The maximum atomic E-state index is 13.7. The van der Waals surface area contributed by atoms with E-state index in [0.717, 1.165) is 15.2 Å². The average Bonchev–Trinajstić information content (AvgIpc) is 3.17. The first kappa shape index (κ1) is 20.9. The van der Waals surface area contributed by atoms with Gasteiger partial charge in [-0.1, -0.05) is 15.9 Å². The molecule has 3 aromatic rings. The normalized spacial score (nSPS) is 15.8. The van der Waals surface area contributed by atoms with Gasteiger partial charge in [-0.2, -0.15) is 23.5 Å². The van der Waals surface area contributed by atoms with E-state index in [1.54, 1.807) is 25.2 Å². The van der Waals surface area contributed by atoms with Gasteiger partial charge in [0.2, 0.25) is 11.9 Å². The standard InChI is InChI=1S/C20H16BrF2N5O3/c1-27-15-7-13(21)3-4-16(15)31-10-14(19(27)29)25-20(30)28-9-11(8-24-28)6-12-2-5-17(22)26-18(12)23/h2-5,7-9,14H,6,10H2,1H3,(H,25,30). The molecule has 1 aliphatic heterocycles. The Morgan fingerprint density at radius 1 is 1.32 bits per heavy atom. The van der Waals surface area contributed by atoms with E-state index in [4.69, 9.17) is 4.74 Å². The predicted octanol–water partition coefficient (Wildman–Crippen LogP) is 2.89. The molecule has 3 heterocycles. The van der Waals surface area contributed by atoms with Crippen LogP contribution in [0.5, 0.6) is 5.75 Å². The molecule has 160 valence electrons. The van der Waals surface area contributed by atoms with Crippen molar-refractivity contribution in [1.82, 2.24) is 20.1 Å². The molecule has 0 aliphatic carbocycles. The van der Waals surface area contributed by atoms with Gasteiger partial charge < -0.3 is 15.0 Å². The highest BCUT2D eigenvalue weighted by Gasteiger charge is 2.31. The summed E-state index contributed by atoms with van der Waals surface area (Å²) in [6, 6.07) is 6.03. The number of aromatic nitrogens is 3. The molecule has 4 rings (SSSR count).